The normalized spacial score (nSPS) is 26.5. The van der Waals surface area contributed by atoms with Crippen molar-refractivity contribution in [2.45, 2.75) is 64.0 Å². The summed E-state index contributed by atoms with van der Waals surface area (Å²) in [5.74, 6) is -3.63. The van der Waals surface area contributed by atoms with Crippen LogP contribution in [0.4, 0.5) is 0 Å². The zero-order valence-electron chi connectivity index (χ0n) is 16.6. The molecule has 0 aromatic carbocycles. The molecular weight excluding hydrogens is 384 g/mol. The summed E-state index contributed by atoms with van der Waals surface area (Å²) >= 11 is 0. The van der Waals surface area contributed by atoms with Crippen molar-refractivity contribution < 1.29 is 39.6 Å². The van der Waals surface area contributed by atoms with Crippen LogP contribution in [0, 0.1) is 29.6 Å². The van der Waals surface area contributed by atoms with Crippen LogP contribution in [0.25, 0.3) is 0 Å². The topological polar surface area (TPSA) is 201 Å². The maximum Gasteiger partial charge on any atom is 0.320 e. The van der Waals surface area contributed by atoms with Gasteiger partial charge in [-0.2, -0.15) is 0 Å². The molecule has 2 aliphatic carbocycles. The third kappa shape index (κ3) is 7.98. The lowest BCUT2D eigenvalue weighted by Crippen LogP contribution is -2.35. The van der Waals surface area contributed by atoms with E-state index >= 15 is 0 Å². The van der Waals surface area contributed by atoms with E-state index in [4.69, 9.17) is 26.8 Å². The summed E-state index contributed by atoms with van der Waals surface area (Å²) in [6.07, 6.45) is 5.46. The molecule has 0 radical (unpaired) electrons. The van der Waals surface area contributed by atoms with Crippen molar-refractivity contribution >= 4 is 23.9 Å². The van der Waals surface area contributed by atoms with Gasteiger partial charge in [0.2, 0.25) is 0 Å². The molecular formula is C19H32N2O8. The Balaban J connectivity index is 0.000000331. The van der Waals surface area contributed by atoms with E-state index in [1.165, 1.54) is 26.2 Å². The van der Waals surface area contributed by atoms with Crippen molar-refractivity contribution in [1.29, 1.82) is 0 Å². The Labute approximate surface area is 169 Å². The number of aliphatic carboxylic acids is 4. The van der Waals surface area contributed by atoms with Gasteiger partial charge in [-0.1, -0.05) is 13.3 Å². The monoisotopic (exact) mass is 416 g/mol. The van der Waals surface area contributed by atoms with Crippen LogP contribution in [0.3, 0.4) is 0 Å². The molecule has 8 N–H and O–H groups in total. The first-order chi connectivity index (χ1) is 13.4. The first-order valence-corrected chi connectivity index (χ1v) is 9.84. The minimum atomic E-state index is -1.17. The number of hydrogen-bond donors (Lipinski definition) is 6. The molecule has 0 heterocycles. The Hall–Kier alpha value is -2.20. The zero-order valence-corrected chi connectivity index (χ0v) is 16.6. The third-order valence-corrected chi connectivity index (χ3v) is 6.02. The molecule has 2 rings (SSSR count). The van der Waals surface area contributed by atoms with Gasteiger partial charge >= 0.3 is 23.9 Å². The Morgan fingerprint density at radius 1 is 0.828 bits per heavy atom. The second-order valence-electron chi connectivity index (χ2n) is 8.31. The van der Waals surface area contributed by atoms with Crippen LogP contribution in [0.5, 0.6) is 0 Å². The highest BCUT2D eigenvalue weighted by atomic mass is 16.4. The lowest BCUT2D eigenvalue weighted by Gasteiger charge is -2.25. The Kier molecular flexibility index (Phi) is 9.51. The molecule has 166 valence electrons. The van der Waals surface area contributed by atoms with Gasteiger partial charge in [-0.15, -0.1) is 0 Å². The van der Waals surface area contributed by atoms with Gasteiger partial charge in [0, 0.05) is 0 Å². The molecule has 2 bridgehead atoms. The fraction of sp³-hybridized carbons (Fsp3) is 0.789. The van der Waals surface area contributed by atoms with E-state index in [0.717, 1.165) is 12.3 Å². The number of hydrogen-bond acceptors (Lipinski definition) is 6. The first-order valence-electron chi connectivity index (χ1n) is 9.84. The van der Waals surface area contributed by atoms with Gasteiger partial charge in [0.15, 0.2) is 0 Å². The SMILES string of the molecule is CC(C[C@H](N)C(=O)O)C(=O)O.N[C@@H](CC(CC1CC2CCC1C2)C(=O)O)C(=O)O. The number of carboxylic acid groups (broad SMARTS) is 4. The van der Waals surface area contributed by atoms with Crippen LogP contribution < -0.4 is 11.5 Å². The van der Waals surface area contributed by atoms with Gasteiger partial charge in [0.1, 0.15) is 12.1 Å². The van der Waals surface area contributed by atoms with Crippen LogP contribution in [0.2, 0.25) is 0 Å². The second-order valence-corrected chi connectivity index (χ2v) is 8.31. The zero-order chi connectivity index (χ0) is 22.3. The molecule has 2 fully saturated rings. The summed E-state index contributed by atoms with van der Waals surface area (Å²) in [7, 11) is 0. The summed E-state index contributed by atoms with van der Waals surface area (Å²) in [5.41, 5.74) is 10.5. The largest absolute Gasteiger partial charge is 0.481 e. The molecule has 0 aromatic rings. The van der Waals surface area contributed by atoms with E-state index in [1.54, 1.807) is 0 Å². The molecule has 10 heteroatoms. The molecule has 29 heavy (non-hydrogen) atoms. The number of carboxylic acids is 4. The molecule has 0 amide bonds. The van der Waals surface area contributed by atoms with Gasteiger partial charge in [-0.3, -0.25) is 19.2 Å². The minimum absolute atomic E-state index is 0.0370. The summed E-state index contributed by atoms with van der Waals surface area (Å²) < 4.78 is 0. The Morgan fingerprint density at radius 3 is 1.76 bits per heavy atom. The van der Waals surface area contributed by atoms with Crippen molar-refractivity contribution in [2.24, 2.45) is 41.1 Å². The maximum absolute atomic E-state index is 11.2. The van der Waals surface area contributed by atoms with Crippen molar-refractivity contribution in [3.8, 4) is 0 Å². The highest BCUT2D eigenvalue weighted by molar-refractivity contribution is 5.76. The predicted octanol–water partition coefficient (Wildman–Crippen LogP) is 0.825. The van der Waals surface area contributed by atoms with Gasteiger partial charge in [-0.25, -0.2) is 0 Å². The van der Waals surface area contributed by atoms with Crippen LogP contribution in [0.1, 0.15) is 51.9 Å². The molecule has 0 saturated heterocycles. The average Bonchev–Trinajstić information content (AvgIpc) is 3.24. The number of nitrogens with two attached hydrogens (primary N) is 2. The van der Waals surface area contributed by atoms with E-state index in [2.05, 4.69) is 0 Å². The molecule has 2 saturated carbocycles. The van der Waals surface area contributed by atoms with Crippen LogP contribution >= 0.6 is 0 Å². The van der Waals surface area contributed by atoms with Crippen molar-refractivity contribution in [1.82, 2.24) is 0 Å². The summed E-state index contributed by atoms with van der Waals surface area (Å²) in [6.45, 7) is 1.42. The summed E-state index contributed by atoms with van der Waals surface area (Å²) in [5, 5.41) is 34.6. The fourth-order valence-electron chi connectivity index (χ4n) is 4.32. The molecule has 2 aliphatic rings. The number of carbonyl (C=O) groups is 4. The van der Waals surface area contributed by atoms with Gasteiger partial charge in [0.25, 0.3) is 0 Å². The summed E-state index contributed by atoms with van der Waals surface area (Å²) in [4.78, 5) is 42.3. The molecule has 0 spiro atoms. The Morgan fingerprint density at radius 2 is 1.38 bits per heavy atom. The van der Waals surface area contributed by atoms with Crippen molar-refractivity contribution in [3.63, 3.8) is 0 Å². The standard InChI is InChI=1S/C13H21NO4.C6H11NO4/c14-11(13(17)18)6-10(12(15)16)5-9-4-7-1-2-8(9)3-7;1-3(5(8)9)2-4(7)6(10)11/h7-11H,1-6,14H2,(H,15,16)(H,17,18);3-4H,2,7H2,1H3,(H,8,9)(H,10,11)/t7?,8?,9?,10?,11-;3?,4-/m00/s1. The number of rotatable bonds is 10. The average molecular weight is 416 g/mol. The quantitative estimate of drug-likeness (QED) is 0.296. The molecule has 0 aromatic heterocycles. The van der Waals surface area contributed by atoms with Crippen molar-refractivity contribution in [2.75, 3.05) is 0 Å². The maximum atomic E-state index is 11.2. The van der Waals surface area contributed by atoms with Gasteiger partial charge in [0.05, 0.1) is 11.8 Å². The van der Waals surface area contributed by atoms with E-state index in [-0.39, 0.29) is 12.8 Å². The molecule has 0 aliphatic heterocycles. The summed E-state index contributed by atoms with van der Waals surface area (Å²) in [6, 6.07) is -2.15. The van der Waals surface area contributed by atoms with Crippen LogP contribution in [-0.2, 0) is 19.2 Å². The van der Waals surface area contributed by atoms with Crippen LogP contribution in [-0.4, -0.2) is 56.4 Å². The smallest absolute Gasteiger partial charge is 0.320 e. The molecule has 5 unspecified atom stereocenters. The van der Waals surface area contributed by atoms with Gasteiger partial charge in [-0.05, 0) is 56.3 Å². The van der Waals surface area contributed by atoms with E-state index in [0.29, 0.717) is 18.3 Å². The molecule has 10 nitrogen and oxygen atoms in total. The minimum Gasteiger partial charge on any atom is -0.481 e. The highest BCUT2D eigenvalue weighted by Crippen LogP contribution is 2.50. The third-order valence-electron chi connectivity index (χ3n) is 6.02. The predicted molar refractivity (Wildman–Crippen MR) is 102 cm³/mol. The second kappa shape index (κ2) is 11.1. The lowest BCUT2D eigenvalue weighted by molar-refractivity contribution is -0.145. The molecule has 7 atom stereocenters. The Bertz CT molecular complexity index is 593. The highest BCUT2D eigenvalue weighted by Gasteiger charge is 2.41. The van der Waals surface area contributed by atoms with E-state index < -0.39 is 47.8 Å². The first kappa shape index (κ1) is 24.8. The van der Waals surface area contributed by atoms with E-state index in [1.807, 2.05) is 0 Å². The lowest BCUT2D eigenvalue weighted by atomic mass is 9.80. The fourth-order valence-corrected chi connectivity index (χ4v) is 4.32. The van der Waals surface area contributed by atoms with E-state index in [9.17, 15) is 24.3 Å². The number of fused-ring (bicyclic) bond motifs is 2. The van der Waals surface area contributed by atoms with Crippen LogP contribution in [0.15, 0.2) is 0 Å². The van der Waals surface area contributed by atoms with Gasteiger partial charge < -0.3 is 31.9 Å². The van der Waals surface area contributed by atoms with Crippen molar-refractivity contribution in [3.05, 3.63) is 0 Å².